The number of hydrogen-bond acceptors (Lipinski definition) is 6. The van der Waals surface area contributed by atoms with Crippen molar-refractivity contribution in [2.24, 2.45) is 5.73 Å². The number of nitrogens with two attached hydrogens (primary N) is 1. The highest BCUT2D eigenvalue weighted by Crippen LogP contribution is 2.30. The van der Waals surface area contributed by atoms with Crippen LogP contribution in [0.4, 0.5) is 5.69 Å². The van der Waals surface area contributed by atoms with Crippen LogP contribution in [0.25, 0.3) is 0 Å². The van der Waals surface area contributed by atoms with Gasteiger partial charge in [0.25, 0.3) is 5.91 Å². The first kappa shape index (κ1) is 16.3. The first-order valence-electron chi connectivity index (χ1n) is 7.03. The van der Waals surface area contributed by atoms with Gasteiger partial charge in [0.2, 0.25) is 0 Å². The van der Waals surface area contributed by atoms with Crippen LogP contribution in [0.15, 0.2) is 23.6 Å². The molecule has 0 unspecified atom stereocenters. The van der Waals surface area contributed by atoms with Crippen molar-refractivity contribution in [2.45, 2.75) is 20.4 Å². The molecule has 0 aliphatic rings. The minimum Gasteiger partial charge on any atom is -0.494 e. The van der Waals surface area contributed by atoms with Crippen molar-refractivity contribution in [3.63, 3.8) is 0 Å². The van der Waals surface area contributed by atoms with Crippen molar-refractivity contribution in [3.8, 4) is 11.5 Å². The molecule has 2 rings (SSSR count). The number of rotatable bonds is 7. The predicted octanol–water partition coefficient (Wildman–Crippen LogP) is 2.65. The number of amides is 1. The highest BCUT2D eigenvalue weighted by Gasteiger charge is 2.14. The number of aromatic nitrogens is 1. The number of anilines is 1. The number of benzene rings is 1. The summed E-state index contributed by atoms with van der Waals surface area (Å²) in [7, 11) is 0. The molecule has 0 radical (unpaired) electrons. The summed E-state index contributed by atoms with van der Waals surface area (Å²) >= 11 is 1.36. The third-order valence-corrected chi connectivity index (χ3v) is 3.64. The van der Waals surface area contributed by atoms with Gasteiger partial charge in [-0.2, -0.15) is 0 Å². The topological polar surface area (TPSA) is 86.5 Å². The molecule has 6 nitrogen and oxygen atoms in total. The number of hydrogen-bond donors (Lipinski definition) is 2. The van der Waals surface area contributed by atoms with Gasteiger partial charge in [0.05, 0.1) is 18.9 Å². The Balaban J connectivity index is 2.21. The van der Waals surface area contributed by atoms with Crippen molar-refractivity contribution in [3.05, 3.63) is 34.3 Å². The smallest absolute Gasteiger partial charge is 0.275 e. The zero-order valence-electron chi connectivity index (χ0n) is 12.6. The van der Waals surface area contributed by atoms with Crippen molar-refractivity contribution in [1.82, 2.24) is 4.98 Å². The molecule has 1 amide bonds. The van der Waals surface area contributed by atoms with E-state index in [9.17, 15) is 4.79 Å². The number of carbonyl (C=O) groups excluding carboxylic acids is 1. The van der Waals surface area contributed by atoms with E-state index in [4.69, 9.17) is 15.2 Å². The van der Waals surface area contributed by atoms with Crippen molar-refractivity contribution in [2.75, 3.05) is 18.5 Å². The van der Waals surface area contributed by atoms with Gasteiger partial charge in [0, 0.05) is 18.0 Å². The Bertz CT molecular complexity index is 643. The molecule has 0 fully saturated rings. The molecule has 0 saturated carbocycles. The monoisotopic (exact) mass is 321 g/mol. The fraction of sp³-hybridized carbons (Fsp3) is 0.333. The van der Waals surface area contributed by atoms with E-state index in [0.29, 0.717) is 42.6 Å². The van der Waals surface area contributed by atoms with Crippen molar-refractivity contribution < 1.29 is 14.3 Å². The second-order valence-corrected chi connectivity index (χ2v) is 5.25. The van der Waals surface area contributed by atoms with E-state index < -0.39 is 0 Å². The Morgan fingerprint density at radius 2 is 2.09 bits per heavy atom. The minimum atomic E-state index is -0.300. The molecule has 0 aliphatic heterocycles. The molecule has 1 aromatic heterocycles. The molecule has 0 atom stereocenters. The lowest BCUT2D eigenvalue weighted by molar-refractivity contribution is 0.102. The van der Waals surface area contributed by atoms with Crippen LogP contribution in [0.5, 0.6) is 11.5 Å². The Kier molecular flexibility index (Phi) is 5.74. The highest BCUT2D eigenvalue weighted by molar-refractivity contribution is 7.09. The maximum absolute atomic E-state index is 12.3. The third-order valence-electron chi connectivity index (χ3n) is 2.77. The lowest BCUT2D eigenvalue weighted by atomic mass is 10.2. The van der Waals surface area contributed by atoms with E-state index in [0.717, 1.165) is 5.01 Å². The van der Waals surface area contributed by atoms with Crippen molar-refractivity contribution >= 4 is 22.9 Å². The Hall–Kier alpha value is -2.12. The highest BCUT2D eigenvalue weighted by atomic mass is 32.1. The summed E-state index contributed by atoms with van der Waals surface area (Å²) in [6.07, 6.45) is 0. The Morgan fingerprint density at radius 1 is 1.32 bits per heavy atom. The van der Waals surface area contributed by atoms with Crippen LogP contribution in [-0.4, -0.2) is 24.1 Å². The molecule has 1 heterocycles. The van der Waals surface area contributed by atoms with Crippen LogP contribution in [0.2, 0.25) is 0 Å². The first-order chi connectivity index (χ1) is 10.7. The second kappa shape index (κ2) is 7.77. The molecule has 2 aromatic rings. The van der Waals surface area contributed by atoms with Gasteiger partial charge in [-0.3, -0.25) is 4.79 Å². The fourth-order valence-electron chi connectivity index (χ4n) is 1.84. The average Bonchev–Trinajstić information content (AvgIpc) is 2.99. The van der Waals surface area contributed by atoms with E-state index in [1.165, 1.54) is 11.3 Å². The Morgan fingerprint density at radius 3 is 2.73 bits per heavy atom. The summed E-state index contributed by atoms with van der Waals surface area (Å²) in [6.45, 7) is 5.16. The van der Waals surface area contributed by atoms with Crippen LogP contribution in [0.3, 0.4) is 0 Å². The predicted molar refractivity (Wildman–Crippen MR) is 86.7 cm³/mol. The molecular formula is C15H19N3O3S. The van der Waals surface area contributed by atoms with Gasteiger partial charge in [-0.15, -0.1) is 11.3 Å². The first-order valence-corrected chi connectivity index (χ1v) is 7.91. The minimum absolute atomic E-state index is 0.300. The summed E-state index contributed by atoms with van der Waals surface area (Å²) < 4.78 is 11.0. The van der Waals surface area contributed by atoms with Crippen LogP contribution in [0.1, 0.15) is 29.3 Å². The number of thiazole rings is 1. The molecule has 0 bridgehead atoms. The molecule has 0 saturated heterocycles. The standard InChI is InChI=1S/C15H19N3O3S/c1-3-20-10-5-6-13(21-4-2)11(7-10)18-15(19)12-9-22-14(8-16)17-12/h5-7,9H,3-4,8,16H2,1-2H3,(H,18,19). The number of ether oxygens (including phenoxy) is 2. The number of nitrogens with zero attached hydrogens (tertiary/aromatic N) is 1. The normalized spacial score (nSPS) is 10.3. The van der Waals surface area contributed by atoms with Crippen LogP contribution < -0.4 is 20.5 Å². The van der Waals surface area contributed by atoms with Crippen molar-refractivity contribution in [1.29, 1.82) is 0 Å². The molecular weight excluding hydrogens is 302 g/mol. The summed E-state index contributed by atoms with van der Waals surface area (Å²) in [5.41, 5.74) is 6.41. The van der Waals surface area contributed by atoms with E-state index >= 15 is 0 Å². The van der Waals surface area contributed by atoms with Gasteiger partial charge in [-0.05, 0) is 26.0 Å². The quantitative estimate of drug-likeness (QED) is 0.818. The van der Waals surface area contributed by atoms with Gasteiger partial charge in [-0.1, -0.05) is 0 Å². The van der Waals surface area contributed by atoms with Crippen LogP contribution in [-0.2, 0) is 6.54 Å². The molecule has 0 aliphatic carbocycles. The van der Waals surface area contributed by atoms with Crippen LogP contribution >= 0.6 is 11.3 Å². The van der Waals surface area contributed by atoms with E-state index in [1.54, 1.807) is 23.6 Å². The van der Waals surface area contributed by atoms with Gasteiger partial charge >= 0.3 is 0 Å². The fourth-order valence-corrected chi connectivity index (χ4v) is 2.49. The number of nitrogens with one attached hydrogen (secondary N) is 1. The van der Waals surface area contributed by atoms with Gasteiger partial charge in [-0.25, -0.2) is 4.98 Å². The van der Waals surface area contributed by atoms with E-state index in [2.05, 4.69) is 10.3 Å². The second-order valence-electron chi connectivity index (χ2n) is 4.31. The molecule has 7 heteroatoms. The summed E-state index contributed by atoms with van der Waals surface area (Å²) in [6, 6.07) is 5.32. The zero-order valence-corrected chi connectivity index (χ0v) is 13.4. The SMILES string of the molecule is CCOc1ccc(OCC)c(NC(=O)c2csc(CN)n2)c1. The molecule has 22 heavy (non-hydrogen) atoms. The summed E-state index contributed by atoms with van der Waals surface area (Å²) in [5.74, 6) is 0.960. The lowest BCUT2D eigenvalue weighted by Crippen LogP contribution is -2.14. The summed E-state index contributed by atoms with van der Waals surface area (Å²) in [4.78, 5) is 16.4. The maximum Gasteiger partial charge on any atom is 0.275 e. The molecule has 1 aromatic carbocycles. The summed E-state index contributed by atoms with van der Waals surface area (Å²) in [5, 5.41) is 5.21. The molecule has 0 spiro atoms. The Labute approximate surface area is 133 Å². The maximum atomic E-state index is 12.3. The zero-order chi connectivity index (χ0) is 15.9. The third kappa shape index (κ3) is 3.96. The molecule has 118 valence electrons. The average molecular weight is 321 g/mol. The van der Waals surface area contributed by atoms with Crippen LogP contribution in [0, 0.1) is 0 Å². The van der Waals surface area contributed by atoms with E-state index in [1.807, 2.05) is 13.8 Å². The van der Waals surface area contributed by atoms with Gasteiger partial charge in [0.1, 0.15) is 22.2 Å². The largest absolute Gasteiger partial charge is 0.494 e. The lowest BCUT2D eigenvalue weighted by Gasteiger charge is -2.13. The number of carbonyl (C=O) groups is 1. The van der Waals surface area contributed by atoms with E-state index in [-0.39, 0.29) is 5.91 Å². The van der Waals surface area contributed by atoms with Gasteiger partial charge < -0.3 is 20.5 Å². The molecule has 3 N–H and O–H groups in total. The van der Waals surface area contributed by atoms with Gasteiger partial charge in [0.15, 0.2) is 0 Å².